The number of carbonyl (C=O) groups is 1. The number of hydrogen-bond acceptors (Lipinski definition) is 7. The molecule has 0 aliphatic heterocycles. The molecule has 0 fully saturated rings. The van der Waals surface area contributed by atoms with Crippen molar-refractivity contribution in [3.05, 3.63) is 16.1 Å². The molecule has 2 aromatic rings. The summed E-state index contributed by atoms with van der Waals surface area (Å²) < 4.78 is 5.22. The van der Waals surface area contributed by atoms with Gasteiger partial charge in [0.25, 0.3) is 5.88 Å². The molecule has 0 aliphatic rings. The second kappa shape index (κ2) is 5.54. The van der Waals surface area contributed by atoms with Gasteiger partial charge < -0.3 is 9.64 Å². The first-order valence-corrected chi connectivity index (χ1v) is 7.21. The molecular formula is C11H14N4O2S2. The van der Waals surface area contributed by atoms with E-state index in [2.05, 4.69) is 15.3 Å². The van der Waals surface area contributed by atoms with Crippen LogP contribution in [0.15, 0.2) is 5.38 Å². The van der Waals surface area contributed by atoms with E-state index in [-0.39, 0.29) is 0 Å². The van der Waals surface area contributed by atoms with Crippen molar-refractivity contribution in [1.82, 2.24) is 9.97 Å². The summed E-state index contributed by atoms with van der Waals surface area (Å²) in [6.07, 6.45) is -0.581. The predicted octanol–water partition coefficient (Wildman–Crippen LogP) is 2.89. The third-order valence-electron chi connectivity index (χ3n) is 2.11. The standard InChI is InChI=1S/C11H14N4O2S2/c1-6-5-18-10(12-6)14-11(16)17-8-9(15(3)4)19-7(2)13-8/h5H,1-4H3,(H,12,14,16). The number of aromatic nitrogens is 2. The topological polar surface area (TPSA) is 67.3 Å². The van der Waals surface area contributed by atoms with Gasteiger partial charge in [0.1, 0.15) is 0 Å². The van der Waals surface area contributed by atoms with Crippen LogP contribution in [-0.2, 0) is 0 Å². The minimum absolute atomic E-state index is 0.318. The van der Waals surface area contributed by atoms with E-state index in [1.54, 1.807) is 0 Å². The van der Waals surface area contributed by atoms with Crippen LogP contribution >= 0.6 is 22.7 Å². The Kier molecular flexibility index (Phi) is 4.01. The van der Waals surface area contributed by atoms with Crippen LogP contribution in [0.5, 0.6) is 5.88 Å². The first-order valence-electron chi connectivity index (χ1n) is 5.51. The molecule has 102 valence electrons. The Bertz CT molecular complexity index is 591. The Labute approximate surface area is 119 Å². The summed E-state index contributed by atoms with van der Waals surface area (Å²) in [4.78, 5) is 21.9. The van der Waals surface area contributed by atoms with E-state index in [4.69, 9.17) is 4.74 Å². The first-order chi connectivity index (χ1) is 8.95. The molecule has 1 amide bonds. The number of nitrogens with zero attached hydrogens (tertiary/aromatic N) is 3. The highest BCUT2D eigenvalue weighted by atomic mass is 32.1. The zero-order valence-corrected chi connectivity index (χ0v) is 12.7. The van der Waals surface area contributed by atoms with Gasteiger partial charge in [-0.1, -0.05) is 11.3 Å². The minimum Gasteiger partial charge on any atom is -0.388 e. The third kappa shape index (κ3) is 3.42. The van der Waals surface area contributed by atoms with E-state index in [9.17, 15) is 4.79 Å². The van der Waals surface area contributed by atoms with Crippen molar-refractivity contribution in [1.29, 1.82) is 0 Å². The van der Waals surface area contributed by atoms with E-state index in [1.807, 2.05) is 38.2 Å². The number of hydrogen-bond donors (Lipinski definition) is 1. The smallest absolute Gasteiger partial charge is 0.388 e. The summed E-state index contributed by atoms with van der Waals surface area (Å²) in [6, 6.07) is 0. The van der Waals surface area contributed by atoms with E-state index in [1.165, 1.54) is 22.7 Å². The molecule has 0 aliphatic carbocycles. The maximum atomic E-state index is 11.8. The van der Waals surface area contributed by atoms with Gasteiger partial charge in [0.2, 0.25) is 0 Å². The molecule has 0 atom stereocenters. The number of carbonyl (C=O) groups excluding carboxylic acids is 1. The summed E-state index contributed by atoms with van der Waals surface area (Å²) >= 11 is 2.82. The molecule has 2 heterocycles. The van der Waals surface area contributed by atoms with Crippen LogP contribution in [0.4, 0.5) is 14.9 Å². The van der Waals surface area contributed by atoms with Gasteiger partial charge in [0.05, 0.1) is 10.7 Å². The van der Waals surface area contributed by atoms with Crippen LogP contribution in [-0.4, -0.2) is 30.2 Å². The second-order valence-electron chi connectivity index (χ2n) is 4.05. The summed E-state index contributed by atoms with van der Waals surface area (Å²) in [5.41, 5.74) is 0.860. The van der Waals surface area contributed by atoms with Crippen LogP contribution in [0, 0.1) is 13.8 Å². The Balaban J connectivity index is 2.06. The zero-order valence-electron chi connectivity index (χ0n) is 11.1. The highest BCUT2D eigenvalue weighted by Gasteiger charge is 2.16. The molecule has 0 spiro atoms. The van der Waals surface area contributed by atoms with Crippen LogP contribution in [0.2, 0.25) is 0 Å². The van der Waals surface area contributed by atoms with Crippen molar-refractivity contribution < 1.29 is 9.53 Å². The van der Waals surface area contributed by atoms with Gasteiger partial charge in [-0.2, -0.15) is 0 Å². The van der Waals surface area contributed by atoms with E-state index < -0.39 is 6.09 Å². The number of amides is 1. The number of aryl methyl sites for hydroxylation is 2. The lowest BCUT2D eigenvalue weighted by Crippen LogP contribution is -2.18. The zero-order chi connectivity index (χ0) is 14.0. The molecule has 1 N–H and O–H groups in total. The minimum atomic E-state index is -0.581. The largest absolute Gasteiger partial charge is 0.420 e. The van der Waals surface area contributed by atoms with E-state index in [0.717, 1.165) is 15.7 Å². The monoisotopic (exact) mass is 298 g/mol. The van der Waals surface area contributed by atoms with Crippen molar-refractivity contribution in [2.45, 2.75) is 13.8 Å². The Morgan fingerprint density at radius 1 is 1.37 bits per heavy atom. The Morgan fingerprint density at radius 2 is 2.11 bits per heavy atom. The van der Waals surface area contributed by atoms with Crippen LogP contribution < -0.4 is 15.0 Å². The number of nitrogens with one attached hydrogen (secondary N) is 1. The number of thiazole rings is 2. The molecule has 0 saturated carbocycles. The Morgan fingerprint density at radius 3 is 2.68 bits per heavy atom. The average molecular weight is 298 g/mol. The molecule has 0 bridgehead atoms. The summed E-state index contributed by atoms with van der Waals surface area (Å²) in [5.74, 6) is 0.318. The molecule has 0 radical (unpaired) electrons. The highest BCUT2D eigenvalue weighted by molar-refractivity contribution is 7.16. The van der Waals surface area contributed by atoms with Crippen LogP contribution in [0.1, 0.15) is 10.7 Å². The average Bonchev–Trinajstić information content (AvgIpc) is 2.85. The highest BCUT2D eigenvalue weighted by Crippen LogP contribution is 2.33. The number of rotatable bonds is 3. The maximum Gasteiger partial charge on any atom is 0.420 e. The van der Waals surface area contributed by atoms with Crippen molar-refractivity contribution in [2.75, 3.05) is 24.3 Å². The van der Waals surface area contributed by atoms with Gasteiger partial charge >= 0.3 is 6.09 Å². The molecular weight excluding hydrogens is 284 g/mol. The quantitative estimate of drug-likeness (QED) is 0.943. The van der Waals surface area contributed by atoms with E-state index >= 15 is 0 Å². The molecule has 8 heteroatoms. The number of ether oxygens (including phenoxy) is 1. The fraction of sp³-hybridized carbons (Fsp3) is 0.364. The summed E-state index contributed by atoms with van der Waals surface area (Å²) in [6.45, 7) is 3.73. The fourth-order valence-electron chi connectivity index (χ4n) is 1.36. The van der Waals surface area contributed by atoms with Crippen molar-refractivity contribution in [3.8, 4) is 5.88 Å². The van der Waals surface area contributed by atoms with Crippen LogP contribution in [0.25, 0.3) is 0 Å². The Hall–Kier alpha value is -1.67. The van der Waals surface area contributed by atoms with Crippen molar-refractivity contribution in [3.63, 3.8) is 0 Å². The van der Waals surface area contributed by atoms with Gasteiger partial charge in [0.15, 0.2) is 10.1 Å². The lowest BCUT2D eigenvalue weighted by molar-refractivity contribution is 0.213. The van der Waals surface area contributed by atoms with Gasteiger partial charge in [-0.25, -0.2) is 14.8 Å². The molecule has 2 rings (SSSR count). The second-order valence-corrected chi connectivity index (χ2v) is 6.09. The molecule has 0 unspecified atom stereocenters. The predicted molar refractivity (Wildman–Crippen MR) is 77.7 cm³/mol. The SMILES string of the molecule is Cc1csc(NC(=O)Oc2nc(C)sc2N(C)C)n1. The van der Waals surface area contributed by atoms with Gasteiger partial charge in [-0.15, -0.1) is 11.3 Å². The lowest BCUT2D eigenvalue weighted by Gasteiger charge is -2.10. The molecule has 0 aromatic carbocycles. The maximum absolute atomic E-state index is 11.8. The molecule has 19 heavy (non-hydrogen) atoms. The van der Waals surface area contributed by atoms with Gasteiger partial charge in [0, 0.05) is 19.5 Å². The fourth-order valence-corrected chi connectivity index (χ4v) is 2.80. The third-order valence-corrected chi connectivity index (χ3v) is 4.11. The summed E-state index contributed by atoms with van der Waals surface area (Å²) in [7, 11) is 3.75. The first kappa shape index (κ1) is 13.8. The van der Waals surface area contributed by atoms with Crippen molar-refractivity contribution >= 4 is 38.9 Å². The summed E-state index contributed by atoms with van der Waals surface area (Å²) in [5, 5.41) is 6.60. The van der Waals surface area contributed by atoms with E-state index in [0.29, 0.717) is 11.0 Å². The van der Waals surface area contributed by atoms with Crippen LogP contribution in [0.3, 0.4) is 0 Å². The van der Waals surface area contributed by atoms with Gasteiger partial charge in [-0.05, 0) is 13.8 Å². The normalized spacial score (nSPS) is 10.3. The van der Waals surface area contributed by atoms with Gasteiger partial charge in [-0.3, -0.25) is 5.32 Å². The molecule has 6 nitrogen and oxygen atoms in total. The molecule has 0 saturated heterocycles. The van der Waals surface area contributed by atoms with Crippen molar-refractivity contribution in [2.24, 2.45) is 0 Å². The molecule has 2 aromatic heterocycles. The number of anilines is 2. The lowest BCUT2D eigenvalue weighted by atomic mass is 10.6.